The van der Waals surface area contributed by atoms with Crippen LogP contribution in [0.15, 0.2) is 36.5 Å². The molecule has 6 nitrogen and oxygen atoms in total. The third kappa shape index (κ3) is 40.8. The summed E-state index contributed by atoms with van der Waals surface area (Å²) in [5.41, 5.74) is 0. The van der Waals surface area contributed by atoms with Gasteiger partial charge in [0.2, 0.25) is 0 Å². The van der Waals surface area contributed by atoms with Gasteiger partial charge in [-0.1, -0.05) is 198 Å². The first-order valence-electron chi connectivity index (χ1n) is 23.0. The van der Waals surface area contributed by atoms with Gasteiger partial charge < -0.3 is 14.2 Å². The largest absolute Gasteiger partial charge is 0.462 e. The molecule has 0 aromatic heterocycles. The molecule has 0 aliphatic carbocycles. The SMILES string of the molecule is CCCCCCCCC/C=C\C/C=C/C/C=C/CCCC(=O)OCC(COC(=O)CCCCCCCCCCCCCCC)OC(=O)CCCCCCC. The molecule has 0 aliphatic heterocycles. The third-order valence-corrected chi connectivity index (χ3v) is 9.90. The molecule has 0 bridgehead atoms. The Hall–Kier alpha value is -2.37. The highest BCUT2D eigenvalue weighted by Gasteiger charge is 2.19. The molecule has 0 spiro atoms. The molecule has 0 aromatic carbocycles. The molecule has 0 aromatic rings. The van der Waals surface area contributed by atoms with Crippen LogP contribution in [-0.4, -0.2) is 37.2 Å². The number of allylic oxidation sites excluding steroid dienone is 6. The highest BCUT2D eigenvalue weighted by atomic mass is 16.6. The molecule has 0 aliphatic rings. The first-order chi connectivity index (χ1) is 26.5. The zero-order chi connectivity index (χ0) is 39.4. The molecule has 0 radical (unpaired) electrons. The Balaban J connectivity index is 4.23. The lowest BCUT2D eigenvalue weighted by atomic mass is 10.0. The number of hydrogen-bond acceptors (Lipinski definition) is 6. The molecular weight excluding hydrogens is 673 g/mol. The second-order valence-electron chi connectivity index (χ2n) is 15.3. The predicted molar refractivity (Wildman–Crippen MR) is 229 cm³/mol. The van der Waals surface area contributed by atoms with Crippen LogP contribution in [-0.2, 0) is 28.6 Å². The lowest BCUT2D eigenvalue weighted by molar-refractivity contribution is -0.167. The van der Waals surface area contributed by atoms with Crippen LogP contribution in [0.1, 0.15) is 233 Å². The van der Waals surface area contributed by atoms with Crippen molar-refractivity contribution < 1.29 is 28.6 Å². The van der Waals surface area contributed by atoms with Gasteiger partial charge in [0.15, 0.2) is 6.10 Å². The van der Waals surface area contributed by atoms with Crippen molar-refractivity contribution in [2.24, 2.45) is 0 Å². The van der Waals surface area contributed by atoms with E-state index in [1.165, 1.54) is 116 Å². The van der Waals surface area contributed by atoms with Crippen molar-refractivity contribution in [3.05, 3.63) is 36.5 Å². The lowest BCUT2D eigenvalue weighted by Gasteiger charge is -2.18. The van der Waals surface area contributed by atoms with Gasteiger partial charge in [-0.15, -0.1) is 0 Å². The first kappa shape index (κ1) is 51.6. The van der Waals surface area contributed by atoms with E-state index in [0.29, 0.717) is 25.7 Å². The summed E-state index contributed by atoms with van der Waals surface area (Å²) in [6.07, 6.45) is 48.8. The smallest absolute Gasteiger partial charge is 0.306 e. The Kier molecular flexibility index (Phi) is 41.5. The minimum atomic E-state index is -0.783. The van der Waals surface area contributed by atoms with E-state index in [0.717, 1.165) is 70.6 Å². The van der Waals surface area contributed by atoms with E-state index >= 15 is 0 Å². The standard InChI is InChI=1S/C48H86O6/c1-4-7-10-13-15-17-19-21-22-23-24-25-27-29-31-33-36-38-41-47(50)53-44-45(54-48(51)42-39-34-12-9-6-3)43-52-46(49)40-37-35-32-30-28-26-20-18-16-14-11-8-5-2/h22-23,25,27,31,33,45H,4-21,24,26,28-30,32,34-44H2,1-3H3/b23-22-,27-25+,33-31+. The van der Waals surface area contributed by atoms with Gasteiger partial charge in [-0.05, 0) is 51.4 Å². The fourth-order valence-corrected chi connectivity index (χ4v) is 6.40. The number of esters is 3. The molecular formula is C48H86O6. The maximum absolute atomic E-state index is 12.5. The van der Waals surface area contributed by atoms with Crippen molar-refractivity contribution in [1.82, 2.24) is 0 Å². The maximum Gasteiger partial charge on any atom is 0.306 e. The molecule has 0 amide bonds. The van der Waals surface area contributed by atoms with Gasteiger partial charge in [0.05, 0.1) is 0 Å². The van der Waals surface area contributed by atoms with Crippen LogP contribution in [0.25, 0.3) is 0 Å². The molecule has 0 saturated carbocycles. The van der Waals surface area contributed by atoms with E-state index in [-0.39, 0.29) is 31.1 Å². The van der Waals surface area contributed by atoms with Crippen molar-refractivity contribution in [2.75, 3.05) is 13.2 Å². The second-order valence-corrected chi connectivity index (χ2v) is 15.3. The normalized spacial score (nSPS) is 12.3. The maximum atomic E-state index is 12.5. The zero-order valence-electron chi connectivity index (χ0n) is 35.7. The van der Waals surface area contributed by atoms with Crippen LogP contribution in [0.2, 0.25) is 0 Å². The molecule has 314 valence electrons. The van der Waals surface area contributed by atoms with Gasteiger partial charge in [-0.3, -0.25) is 14.4 Å². The minimum absolute atomic E-state index is 0.0859. The van der Waals surface area contributed by atoms with Crippen molar-refractivity contribution in [1.29, 1.82) is 0 Å². The number of carbonyl (C=O) groups is 3. The van der Waals surface area contributed by atoms with E-state index < -0.39 is 6.10 Å². The Labute approximate surface area is 334 Å². The summed E-state index contributed by atoms with van der Waals surface area (Å²) in [5.74, 6) is -0.953. The van der Waals surface area contributed by atoms with Gasteiger partial charge in [0.25, 0.3) is 0 Å². The number of ether oxygens (including phenoxy) is 3. The van der Waals surface area contributed by atoms with Crippen LogP contribution in [0.3, 0.4) is 0 Å². The van der Waals surface area contributed by atoms with E-state index in [1.807, 2.05) is 0 Å². The molecule has 6 heteroatoms. The van der Waals surface area contributed by atoms with Crippen molar-refractivity contribution in [3.63, 3.8) is 0 Å². The van der Waals surface area contributed by atoms with Gasteiger partial charge in [0, 0.05) is 19.3 Å². The Morgan fingerprint density at radius 2 is 0.685 bits per heavy atom. The number of carbonyl (C=O) groups excluding carboxylic acids is 3. The van der Waals surface area contributed by atoms with Crippen molar-refractivity contribution in [3.8, 4) is 0 Å². The number of hydrogen-bond donors (Lipinski definition) is 0. The lowest BCUT2D eigenvalue weighted by Crippen LogP contribution is -2.30. The van der Waals surface area contributed by atoms with E-state index in [2.05, 4.69) is 57.2 Å². The van der Waals surface area contributed by atoms with E-state index in [9.17, 15) is 14.4 Å². The van der Waals surface area contributed by atoms with Crippen molar-refractivity contribution in [2.45, 2.75) is 239 Å². The highest BCUT2D eigenvalue weighted by molar-refractivity contribution is 5.71. The summed E-state index contributed by atoms with van der Waals surface area (Å²) in [6.45, 7) is 6.50. The summed E-state index contributed by atoms with van der Waals surface area (Å²) in [5, 5.41) is 0. The van der Waals surface area contributed by atoms with Crippen LogP contribution >= 0.6 is 0 Å². The summed E-state index contributed by atoms with van der Waals surface area (Å²) in [7, 11) is 0. The molecule has 54 heavy (non-hydrogen) atoms. The molecule has 1 unspecified atom stereocenters. The monoisotopic (exact) mass is 759 g/mol. The molecule has 0 N–H and O–H groups in total. The first-order valence-corrected chi connectivity index (χ1v) is 23.0. The van der Waals surface area contributed by atoms with Crippen LogP contribution in [0, 0.1) is 0 Å². The average molecular weight is 759 g/mol. The van der Waals surface area contributed by atoms with Crippen molar-refractivity contribution >= 4 is 17.9 Å². The molecule has 0 heterocycles. The Morgan fingerprint density at radius 3 is 1.11 bits per heavy atom. The summed E-state index contributed by atoms with van der Waals surface area (Å²) in [4.78, 5) is 37.4. The average Bonchev–Trinajstić information content (AvgIpc) is 3.17. The molecule has 1 atom stereocenters. The zero-order valence-corrected chi connectivity index (χ0v) is 35.7. The Morgan fingerprint density at radius 1 is 0.370 bits per heavy atom. The summed E-state index contributed by atoms with van der Waals surface area (Å²) in [6, 6.07) is 0. The van der Waals surface area contributed by atoms with Crippen LogP contribution in [0.4, 0.5) is 0 Å². The van der Waals surface area contributed by atoms with E-state index in [1.54, 1.807) is 0 Å². The summed E-state index contributed by atoms with van der Waals surface area (Å²) < 4.78 is 16.5. The van der Waals surface area contributed by atoms with Crippen LogP contribution < -0.4 is 0 Å². The quantitative estimate of drug-likeness (QED) is 0.0267. The van der Waals surface area contributed by atoms with Crippen LogP contribution in [0.5, 0.6) is 0 Å². The molecule has 0 fully saturated rings. The van der Waals surface area contributed by atoms with Gasteiger partial charge in [0.1, 0.15) is 13.2 Å². The second kappa shape index (κ2) is 43.4. The number of unbranched alkanes of at least 4 members (excludes halogenated alkanes) is 24. The summed E-state index contributed by atoms with van der Waals surface area (Å²) >= 11 is 0. The van der Waals surface area contributed by atoms with E-state index in [4.69, 9.17) is 14.2 Å². The predicted octanol–water partition coefficient (Wildman–Crippen LogP) is 14.6. The fourth-order valence-electron chi connectivity index (χ4n) is 6.40. The molecule has 0 rings (SSSR count). The Bertz CT molecular complexity index is 922. The van der Waals surface area contributed by atoms with Gasteiger partial charge in [-0.2, -0.15) is 0 Å². The van der Waals surface area contributed by atoms with Gasteiger partial charge >= 0.3 is 17.9 Å². The topological polar surface area (TPSA) is 78.9 Å². The van der Waals surface area contributed by atoms with Gasteiger partial charge in [-0.25, -0.2) is 0 Å². The minimum Gasteiger partial charge on any atom is -0.462 e. The third-order valence-electron chi connectivity index (χ3n) is 9.90. The fraction of sp³-hybridized carbons (Fsp3) is 0.812. The number of rotatable bonds is 41. The highest BCUT2D eigenvalue weighted by Crippen LogP contribution is 2.14. The molecule has 0 saturated heterocycles.